The van der Waals surface area contributed by atoms with E-state index in [1.54, 1.807) is 11.0 Å². The largest absolute Gasteiger partial charge is 0.390 e. The highest BCUT2D eigenvalue weighted by Crippen LogP contribution is 2.53. The van der Waals surface area contributed by atoms with Crippen LogP contribution >= 0.6 is 0 Å². The summed E-state index contributed by atoms with van der Waals surface area (Å²) in [5, 5.41) is 18.2. The lowest BCUT2D eigenvalue weighted by molar-refractivity contribution is -0.138. The van der Waals surface area contributed by atoms with Crippen molar-refractivity contribution in [3.63, 3.8) is 0 Å². The SMILES string of the molecule is CC(=O)NC[C@H]1C[C@]2(C)[C@@H](CCCC[C@]2(C)O)N1C(=O)CCCn1cncn1. The molecule has 2 fully saturated rings. The van der Waals surface area contributed by atoms with E-state index in [1.165, 1.54) is 13.3 Å². The van der Waals surface area contributed by atoms with E-state index < -0.39 is 5.60 Å². The van der Waals surface area contributed by atoms with Gasteiger partial charge in [-0.3, -0.25) is 14.3 Å². The van der Waals surface area contributed by atoms with E-state index in [0.29, 0.717) is 32.4 Å². The third-order valence-electron chi connectivity index (χ3n) is 6.86. The summed E-state index contributed by atoms with van der Waals surface area (Å²) in [6.07, 6.45) is 8.59. The molecule has 8 nitrogen and oxygen atoms in total. The number of carbonyl (C=O) groups is 2. The number of likely N-dealkylation sites (tertiary alicyclic amines) is 1. The van der Waals surface area contributed by atoms with E-state index in [9.17, 15) is 14.7 Å². The van der Waals surface area contributed by atoms with Crippen LogP contribution in [0.2, 0.25) is 0 Å². The van der Waals surface area contributed by atoms with Gasteiger partial charge in [0.1, 0.15) is 12.7 Å². The van der Waals surface area contributed by atoms with Crippen molar-refractivity contribution in [2.75, 3.05) is 6.54 Å². The van der Waals surface area contributed by atoms with Gasteiger partial charge in [-0.15, -0.1) is 0 Å². The van der Waals surface area contributed by atoms with Gasteiger partial charge in [-0.05, 0) is 32.6 Å². The third kappa shape index (κ3) is 4.06. The average Bonchev–Trinajstić information content (AvgIpc) is 3.21. The minimum atomic E-state index is -0.821. The molecule has 156 valence electrons. The summed E-state index contributed by atoms with van der Waals surface area (Å²) < 4.78 is 1.73. The molecule has 0 bridgehead atoms. The van der Waals surface area contributed by atoms with E-state index in [-0.39, 0.29) is 29.3 Å². The Morgan fingerprint density at radius 2 is 2.11 bits per heavy atom. The van der Waals surface area contributed by atoms with Gasteiger partial charge in [-0.2, -0.15) is 5.10 Å². The first-order valence-electron chi connectivity index (χ1n) is 10.3. The molecule has 2 aliphatic rings. The fourth-order valence-electron chi connectivity index (χ4n) is 5.09. The summed E-state index contributed by atoms with van der Waals surface area (Å²) in [6, 6.07) is -0.0787. The third-order valence-corrected chi connectivity index (χ3v) is 6.86. The quantitative estimate of drug-likeness (QED) is 0.765. The van der Waals surface area contributed by atoms with Gasteiger partial charge in [-0.1, -0.05) is 19.8 Å². The molecule has 2 heterocycles. The van der Waals surface area contributed by atoms with Crippen molar-refractivity contribution in [3.05, 3.63) is 12.7 Å². The number of carbonyl (C=O) groups excluding carboxylic acids is 2. The molecule has 1 saturated heterocycles. The highest BCUT2D eigenvalue weighted by Gasteiger charge is 2.59. The molecule has 2 amide bonds. The first-order valence-corrected chi connectivity index (χ1v) is 10.3. The van der Waals surface area contributed by atoms with Crippen LogP contribution in [0.25, 0.3) is 0 Å². The van der Waals surface area contributed by atoms with Crippen LogP contribution in [0.15, 0.2) is 12.7 Å². The van der Waals surface area contributed by atoms with Crippen molar-refractivity contribution in [2.45, 2.75) is 89.9 Å². The summed E-state index contributed by atoms with van der Waals surface area (Å²) >= 11 is 0. The van der Waals surface area contributed by atoms with E-state index in [2.05, 4.69) is 22.3 Å². The fraction of sp³-hybridized carbons (Fsp3) is 0.800. The second-order valence-electron chi connectivity index (χ2n) is 8.81. The maximum Gasteiger partial charge on any atom is 0.223 e. The number of hydrogen-bond donors (Lipinski definition) is 2. The van der Waals surface area contributed by atoms with Crippen LogP contribution in [-0.4, -0.2) is 60.8 Å². The number of rotatable bonds is 6. The monoisotopic (exact) mass is 391 g/mol. The predicted octanol–water partition coefficient (Wildman–Crippen LogP) is 1.50. The maximum absolute atomic E-state index is 13.2. The molecule has 1 saturated carbocycles. The molecule has 2 N–H and O–H groups in total. The van der Waals surface area contributed by atoms with Crippen molar-refractivity contribution in [1.29, 1.82) is 0 Å². The normalized spacial score (nSPS) is 32.6. The van der Waals surface area contributed by atoms with E-state index in [0.717, 1.165) is 25.7 Å². The second kappa shape index (κ2) is 8.19. The summed E-state index contributed by atoms with van der Waals surface area (Å²) in [5.74, 6) is 0.00415. The summed E-state index contributed by atoms with van der Waals surface area (Å²) in [6.45, 7) is 6.61. The van der Waals surface area contributed by atoms with Crippen molar-refractivity contribution in [1.82, 2.24) is 25.0 Å². The van der Waals surface area contributed by atoms with E-state index in [4.69, 9.17) is 0 Å². The Morgan fingerprint density at radius 1 is 1.32 bits per heavy atom. The summed E-state index contributed by atoms with van der Waals surface area (Å²) in [7, 11) is 0. The van der Waals surface area contributed by atoms with Gasteiger partial charge < -0.3 is 15.3 Å². The van der Waals surface area contributed by atoms with E-state index >= 15 is 0 Å². The molecule has 1 aromatic heterocycles. The Bertz CT molecular complexity index is 690. The maximum atomic E-state index is 13.2. The molecule has 1 aliphatic carbocycles. The highest BCUT2D eigenvalue weighted by atomic mass is 16.3. The van der Waals surface area contributed by atoms with Crippen LogP contribution in [0.3, 0.4) is 0 Å². The molecule has 0 aromatic carbocycles. The van der Waals surface area contributed by atoms with Crippen LogP contribution in [0.4, 0.5) is 0 Å². The topological polar surface area (TPSA) is 100 Å². The molecule has 3 rings (SSSR count). The van der Waals surface area contributed by atoms with Gasteiger partial charge in [0.05, 0.1) is 11.6 Å². The number of aromatic nitrogens is 3. The molecule has 1 aliphatic heterocycles. The van der Waals surface area contributed by atoms with E-state index in [1.807, 2.05) is 11.8 Å². The number of amides is 2. The molecular formula is C20H33N5O3. The Morgan fingerprint density at radius 3 is 2.79 bits per heavy atom. The zero-order valence-corrected chi connectivity index (χ0v) is 17.2. The molecule has 8 heteroatoms. The minimum absolute atomic E-state index is 0.00243. The number of fused-ring (bicyclic) bond motifs is 1. The van der Waals surface area contributed by atoms with Crippen LogP contribution in [0, 0.1) is 5.41 Å². The molecule has 0 radical (unpaired) electrons. The predicted molar refractivity (Wildman–Crippen MR) is 104 cm³/mol. The molecule has 0 unspecified atom stereocenters. The number of aryl methyl sites for hydroxylation is 1. The van der Waals surface area contributed by atoms with Crippen LogP contribution in [-0.2, 0) is 16.1 Å². The van der Waals surface area contributed by atoms with Gasteiger partial charge in [0.2, 0.25) is 11.8 Å². The molecule has 1 aromatic rings. The van der Waals surface area contributed by atoms with Gasteiger partial charge in [0, 0.05) is 37.9 Å². The number of hydrogen-bond acceptors (Lipinski definition) is 5. The van der Waals surface area contributed by atoms with Crippen LogP contribution < -0.4 is 5.32 Å². The fourth-order valence-corrected chi connectivity index (χ4v) is 5.09. The molecule has 0 spiro atoms. The average molecular weight is 392 g/mol. The second-order valence-corrected chi connectivity index (χ2v) is 8.81. The standard InChI is InChI=1S/C20H33N5O3/c1-15(26)22-12-16-11-19(2)17(7-4-5-9-20(19,3)28)25(16)18(27)8-6-10-24-14-21-13-23-24/h13-14,16-17,28H,4-12H2,1-3H3,(H,22,26)/t16-,17-,19-,20+/m1/s1. The van der Waals surface area contributed by atoms with Crippen LogP contribution in [0.1, 0.15) is 65.7 Å². The minimum Gasteiger partial charge on any atom is -0.390 e. The first kappa shape index (κ1) is 20.8. The Hall–Kier alpha value is -1.96. The Balaban J connectivity index is 1.76. The first-order chi connectivity index (χ1) is 13.2. The van der Waals surface area contributed by atoms with Crippen LogP contribution in [0.5, 0.6) is 0 Å². The molecule has 4 atom stereocenters. The van der Waals surface area contributed by atoms with Crippen molar-refractivity contribution in [3.8, 4) is 0 Å². The van der Waals surface area contributed by atoms with Gasteiger partial charge in [0.15, 0.2) is 0 Å². The van der Waals surface area contributed by atoms with Crippen molar-refractivity contribution in [2.24, 2.45) is 5.41 Å². The summed E-state index contributed by atoms with van der Waals surface area (Å²) in [4.78, 5) is 30.6. The highest BCUT2D eigenvalue weighted by molar-refractivity contribution is 5.78. The lowest BCUT2D eigenvalue weighted by Crippen LogP contribution is -2.52. The number of nitrogens with one attached hydrogen (secondary N) is 1. The Kier molecular flexibility index (Phi) is 6.07. The smallest absolute Gasteiger partial charge is 0.223 e. The number of nitrogens with zero attached hydrogens (tertiary/aromatic N) is 4. The van der Waals surface area contributed by atoms with Gasteiger partial charge >= 0.3 is 0 Å². The Labute approximate surface area is 166 Å². The molecular weight excluding hydrogens is 358 g/mol. The molecule has 28 heavy (non-hydrogen) atoms. The zero-order chi connectivity index (χ0) is 20.4. The van der Waals surface area contributed by atoms with Crippen molar-refractivity contribution >= 4 is 11.8 Å². The summed E-state index contributed by atoms with van der Waals surface area (Å²) in [5.41, 5.74) is -1.19. The van der Waals surface area contributed by atoms with Gasteiger partial charge in [-0.25, -0.2) is 4.98 Å². The zero-order valence-electron chi connectivity index (χ0n) is 17.2. The van der Waals surface area contributed by atoms with Crippen molar-refractivity contribution < 1.29 is 14.7 Å². The van der Waals surface area contributed by atoms with Gasteiger partial charge in [0.25, 0.3) is 0 Å². The number of aliphatic hydroxyl groups is 1. The lowest BCUT2D eigenvalue weighted by atomic mass is 9.67. The lowest BCUT2D eigenvalue weighted by Gasteiger charge is -2.44.